The van der Waals surface area contributed by atoms with Crippen molar-refractivity contribution in [3.8, 4) is 0 Å². The summed E-state index contributed by atoms with van der Waals surface area (Å²) in [5.74, 6) is 0. The first-order valence-electron chi connectivity index (χ1n) is 5.99. The van der Waals surface area contributed by atoms with Gasteiger partial charge in [0, 0.05) is 34.7 Å². The SMILES string of the molecule is CCC1(C)CN(c2ccc(Cl)cc2Br)CCN1. The molecule has 2 nitrogen and oxygen atoms in total. The van der Waals surface area contributed by atoms with Crippen LogP contribution >= 0.6 is 27.5 Å². The second-order valence-corrected chi connectivity index (χ2v) is 6.15. The minimum atomic E-state index is 0.206. The molecule has 1 aromatic rings. The average molecular weight is 318 g/mol. The minimum absolute atomic E-state index is 0.206. The highest BCUT2D eigenvalue weighted by Gasteiger charge is 2.29. The number of rotatable bonds is 2. The van der Waals surface area contributed by atoms with E-state index in [1.54, 1.807) is 0 Å². The predicted molar refractivity (Wildman–Crippen MR) is 78.1 cm³/mol. The summed E-state index contributed by atoms with van der Waals surface area (Å²) in [6.45, 7) is 7.61. The maximum Gasteiger partial charge on any atom is 0.0512 e. The maximum atomic E-state index is 5.98. The van der Waals surface area contributed by atoms with E-state index in [0.717, 1.165) is 35.6 Å². The van der Waals surface area contributed by atoms with Crippen molar-refractivity contribution in [2.45, 2.75) is 25.8 Å². The van der Waals surface area contributed by atoms with Gasteiger partial charge in [0.1, 0.15) is 0 Å². The van der Waals surface area contributed by atoms with Crippen molar-refractivity contribution < 1.29 is 0 Å². The van der Waals surface area contributed by atoms with Gasteiger partial charge in [0.2, 0.25) is 0 Å². The lowest BCUT2D eigenvalue weighted by Gasteiger charge is -2.42. The van der Waals surface area contributed by atoms with E-state index < -0.39 is 0 Å². The van der Waals surface area contributed by atoms with Gasteiger partial charge in [-0.2, -0.15) is 0 Å². The Bertz CT molecular complexity index is 410. The number of halogens is 2. The van der Waals surface area contributed by atoms with Crippen molar-refractivity contribution in [2.75, 3.05) is 24.5 Å². The van der Waals surface area contributed by atoms with Crippen LogP contribution in [0.1, 0.15) is 20.3 Å². The monoisotopic (exact) mass is 316 g/mol. The van der Waals surface area contributed by atoms with Gasteiger partial charge >= 0.3 is 0 Å². The molecule has 1 fully saturated rings. The summed E-state index contributed by atoms with van der Waals surface area (Å²) in [6.07, 6.45) is 1.13. The zero-order valence-corrected chi connectivity index (χ0v) is 12.6. The van der Waals surface area contributed by atoms with Crippen molar-refractivity contribution in [1.29, 1.82) is 0 Å². The van der Waals surface area contributed by atoms with Crippen LogP contribution in [0.15, 0.2) is 22.7 Å². The third-order valence-electron chi connectivity index (χ3n) is 3.50. The van der Waals surface area contributed by atoms with Crippen LogP contribution in [-0.2, 0) is 0 Å². The van der Waals surface area contributed by atoms with E-state index in [2.05, 4.69) is 46.1 Å². The predicted octanol–water partition coefficient (Wildman–Crippen LogP) is 3.68. The molecule has 0 saturated carbocycles. The number of hydrogen-bond donors (Lipinski definition) is 1. The second kappa shape index (κ2) is 5.17. The average Bonchev–Trinajstić information content (AvgIpc) is 2.29. The quantitative estimate of drug-likeness (QED) is 0.895. The van der Waals surface area contributed by atoms with Crippen LogP contribution in [0.5, 0.6) is 0 Å². The zero-order valence-electron chi connectivity index (χ0n) is 10.3. The van der Waals surface area contributed by atoms with Crippen molar-refractivity contribution in [1.82, 2.24) is 5.32 Å². The summed E-state index contributed by atoms with van der Waals surface area (Å²) >= 11 is 9.57. The van der Waals surface area contributed by atoms with Crippen LogP contribution in [0.3, 0.4) is 0 Å². The van der Waals surface area contributed by atoms with E-state index in [1.165, 1.54) is 5.69 Å². The van der Waals surface area contributed by atoms with Crippen molar-refractivity contribution in [3.05, 3.63) is 27.7 Å². The molecule has 1 unspecified atom stereocenters. The molecule has 1 aliphatic heterocycles. The molecule has 0 radical (unpaired) electrons. The Morgan fingerprint density at radius 1 is 1.53 bits per heavy atom. The summed E-state index contributed by atoms with van der Waals surface area (Å²) in [5, 5.41) is 4.36. The topological polar surface area (TPSA) is 15.3 Å². The molecule has 1 saturated heterocycles. The lowest BCUT2D eigenvalue weighted by molar-refractivity contribution is 0.314. The van der Waals surface area contributed by atoms with Crippen molar-refractivity contribution in [3.63, 3.8) is 0 Å². The second-order valence-electron chi connectivity index (χ2n) is 4.86. The van der Waals surface area contributed by atoms with E-state index in [4.69, 9.17) is 11.6 Å². The first-order chi connectivity index (χ1) is 8.04. The fraction of sp³-hybridized carbons (Fsp3) is 0.538. The summed E-state index contributed by atoms with van der Waals surface area (Å²) in [4.78, 5) is 2.42. The Labute approximate surface area is 116 Å². The zero-order chi connectivity index (χ0) is 12.5. The van der Waals surface area contributed by atoms with Crippen LogP contribution < -0.4 is 10.2 Å². The number of nitrogens with zero attached hydrogens (tertiary/aromatic N) is 1. The van der Waals surface area contributed by atoms with Gasteiger partial charge in [0.15, 0.2) is 0 Å². The maximum absolute atomic E-state index is 5.98. The van der Waals surface area contributed by atoms with E-state index in [-0.39, 0.29) is 5.54 Å². The van der Waals surface area contributed by atoms with E-state index in [9.17, 15) is 0 Å². The number of anilines is 1. The molecule has 0 bridgehead atoms. The molecule has 1 heterocycles. The molecule has 1 aliphatic rings. The summed E-state index contributed by atoms with van der Waals surface area (Å²) in [6, 6.07) is 6.00. The lowest BCUT2D eigenvalue weighted by atomic mass is 9.95. The number of nitrogens with one attached hydrogen (secondary N) is 1. The molecule has 2 rings (SSSR count). The fourth-order valence-electron chi connectivity index (χ4n) is 2.23. The Morgan fingerprint density at radius 2 is 2.29 bits per heavy atom. The molecule has 0 aliphatic carbocycles. The van der Waals surface area contributed by atoms with E-state index in [1.807, 2.05) is 12.1 Å². The van der Waals surface area contributed by atoms with Gasteiger partial charge in [-0.05, 0) is 47.5 Å². The molecule has 0 spiro atoms. The number of piperazine rings is 1. The number of hydrogen-bond acceptors (Lipinski definition) is 2. The standard InChI is InChI=1S/C13H18BrClN2/c1-3-13(2)9-17(7-6-16-13)12-5-4-10(15)8-11(12)14/h4-5,8,16H,3,6-7,9H2,1-2H3. The Kier molecular flexibility index (Phi) is 4.01. The molecular formula is C13H18BrClN2. The van der Waals surface area contributed by atoms with Crippen LogP contribution in [0.25, 0.3) is 0 Å². The Balaban J connectivity index is 2.22. The molecule has 0 amide bonds. The highest BCUT2D eigenvalue weighted by atomic mass is 79.9. The molecule has 0 aromatic heterocycles. The Morgan fingerprint density at radius 3 is 2.94 bits per heavy atom. The van der Waals surface area contributed by atoms with Crippen LogP contribution in [0.4, 0.5) is 5.69 Å². The fourth-order valence-corrected chi connectivity index (χ4v) is 3.16. The van der Waals surface area contributed by atoms with Gasteiger partial charge in [-0.1, -0.05) is 18.5 Å². The van der Waals surface area contributed by atoms with Crippen LogP contribution in [-0.4, -0.2) is 25.2 Å². The summed E-state index contributed by atoms with van der Waals surface area (Å²) in [7, 11) is 0. The van der Waals surface area contributed by atoms with Crippen LogP contribution in [0.2, 0.25) is 5.02 Å². The summed E-state index contributed by atoms with van der Waals surface area (Å²) < 4.78 is 1.07. The van der Waals surface area contributed by atoms with Gasteiger partial charge in [0.05, 0.1) is 5.69 Å². The molecule has 17 heavy (non-hydrogen) atoms. The first-order valence-corrected chi connectivity index (χ1v) is 7.16. The van der Waals surface area contributed by atoms with Crippen LogP contribution in [0, 0.1) is 0 Å². The molecule has 94 valence electrons. The largest absolute Gasteiger partial charge is 0.368 e. The molecule has 1 N–H and O–H groups in total. The third-order valence-corrected chi connectivity index (χ3v) is 4.37. The highest BCUT2D eigenvalue weighted by molar-refractivity contribution is 9.10. The minimum Gasteiger partial charge on any atom is -0.368 e. The summed E-state index contributed by atoms with van der Waals surface area (Å²) in [5.41, 5.74) is 1.44. The van der Waals surface area contributed by atoms with Gasteiger partial charge < -0.3 is 10.2 Å². The Hall–Kier alpha value is -0.250. The molecule has 1 atom stereocenters. The lowest BCUT2D eigenvalue weighted by Crippen LogP contribution is -2.58. The van der Waals surface area contributed by atoms with Crippen molar-refractivity contribution in [2.24, 2.45) is 0 Å². The van der Waals surface area contributed by atoms with Gasteiger partial charge in [-0.3, -0.25) is 0 Å². The highest BCUT2D eigenvalue weighted by Crippen LogP contribution is 2.31. The number of benzene rings is 1. The molecule has 1 aromatic carbocycles. The van der Waals surface area contributed by atoms with Gasteiger partial charge in [0.25, 0.3) is 0 Å². The van der Waals surface area contributed by atoms with Gasteiger partial charge in [-0.25, -0.2) is 0 Å². The van der Waals surface area contributed by atoms with E-state index in [0.29, 0.717) is 0 Å². The van der Waals surface area contributed by atoms with Gasteiger partial charge in [-0.15, -0.1) is 0 Å². The molecule has 4 heteroatoms. The third kappa shape index (κ3) is 2.95. The smallest absolute Gasteiger partial charge is 0.0512 e. The first kappa shape index (κ1) is 13.2. The molecular weight excluding hydrogens is 300 g/mol. The normalized spacial score (nSPS) is 25.1. The van der Waals surface area contributed by atoms with Crippen molar-refractivity contribution >= 4 is 33.2 Å². The van der Waals surface area contributed by atoms with E-state index >= 15 is 0 Å².